The van der Waals surface area contributed by atoms with Crippen molar-refractivity contribution in [3.63, 3.8) is 0 Å². The molecule has 2 N–H and O–H groups in total. The predicted octanol–water partition coefficient (Wildman–Crippen LogP) is 2.86. The van der Waals surface area contributed by atoms with E-state index in [1.165, 1.54) is 0 Å². The van der Waals surface area contributed by atoms with Gasteiger partial charge in [0.1, 0.15) is 0 Å². The summed E-state index contributed by atoms with van der Waals surface area (Å²) in [6.07, 6.45) is 4.40. The van der Waals surface area contributed by atoms with Crippen molar-refractivity contribution >= 4 is 41.8 Å². The van der Waals surface area contributed by atoms with Gasteiger partial charge in [0.2, 0.25) is 5.91 Å². The lowest BCUT2D eigenvalue weighted by atomic mass is 9.91. The van der Waals surface area contributed by atoms with Gasteiger partial charge in [-0.3, -0.25) is 4.79 Å². The van der Waals surface area contributed by atoms with E-state index in [2.05, 4.69) is 16.5 Å². The van der Waals surface area contributed by atoms with Crippen LogP contribution in [-0.4, -0.2) is 39.5 Å². The number of para-hydroxylation sites is 2. The number of fused-ring (bicyclic) bond motifs is 1. The number of aryl methyl sites for hydroxylation is 1. The van der Waals surface area contributed by atoms with E-state index in [0.29, 0.717) is 18.9 Å². The number of nitrogens with zero attached hydrogens (tertiary/aromatic N) is 3. The minimum atomic E-state index is 0. The van der Waals surface area contributed by atoms with Crippen molar-refractivity contribution in [3.05, 3.63) is 30.6 Å². The summed E-state index contributed by atoms with van der Waals surface area (Å²) in [4.78, 5) is 18.7. The monoisotopic (exact) mass is 372 g/mol. The molecule has 24 heavy (non-hydrogen) atoms. The molecule has 1 aromatic heterocycles. The fraction of sp³-hybridized carbons (Fsp3) is 0.529. The third kappa shape index (κ3) is 4.62. The van der Waals surface area contributed by atoms with Crippen LogP contribution in [0.5, 0.6) is 0 Å². The van der Waals surface area contributed by atoms with E-state index in [1.807, 2.05) is 35.5 Å². The molecule has 7 heteroatoms. The molecule has 1 aliphatic rings. The average Bonchev–Trinajstić information content (AvgIpc) is 2.96. The Morgan fingerprint density at radius 2 is 1.96 bits per heavy atom. The number of likely N-dealkylation sites (tertiary alicyclic amines) is 1. The van der Waals surface area contributed by atoms with Crippen molar-refractivity contribution in [2.24, 2.45) is 11.7 Å². The second-order valence-electron chi connectivity index (χ2n) is 6.25. The van der Waals surface area contributed by atoms with E-state index >= 15 is 0 Å². The van der Waals surface area contributed by atoms with Crippen LogP contribution >= 0.6 is 24.8 Å². The van der Waals surface area contributed by atoms with Gasteiger partial charge in [-0.25, -0.2) is 4.98 Å². The molecular formula is C17H26Cl2N4O. The number of hydrogen-bond acceptors (Lipinski definition) is 3. The van der Waals surface area contributed by atoms with Crippen LogP contribution in [0.1, 0.15) is 26.2 Å². The van der Waals surface area contributed by atoms with E-state index in [1.54, 1.807) is 0 Å². The molecule has 0 aliphatic carbocycles. The maximum Gasteiger partial charge on any atom is 0.224 e. The number of rotatable bonds is 4. The van der Waals surface area contributed by atoms with Gasteiger partial charge in [0.25, 0.3) is 0 Å². The van der Waals surface area contributed by atoms with Crippen molar-refractivity contribution in [2.45, 2.75) is 38.8 Å². The molecule has 0 spiro atoms. The lowest BCUT2D eigenvalue weighted by Gasteiger charge is -2.33. The number of nitrogens with two attached hydrogens (primary N) is 1. The highest BCUT2D eigenvalue weighted by molar-refractivity contribution is 5.85. The predicted molar refractivity (Wildman–Crippen MR) is 102 cm³/mol. The van der Waals surface area contributed by atoms with E-state index in [9.17, 15) is 4.79 Å². The normalized spacial score (nSPS) is 16.3. The van der Waals surface area contributed by atoms with Gasteiger partial charge in [-0.15, -0.1) is 24.8 Å². The second-order valence-corrected chi connectivity index (χ2v) is 6.25. The number of carbonyl (C=O) groups excluding carboxylic acids is 1. The highest BCUT2D eigenvalue weighted by Gasteiger charge is 2.24. The summed E-state index contributed by atoms with van der Waals surface area (Å²) in [7, 11) is 0. The molecule has 134 valence electrons. The highest BCUT2D eigenvalue weighted by Crippen LogP contribution is 2.20. The summed E-state index contributed by atoms with van der Waals surface area (Å²) in [5, 5.41) is 0. The van der Waals surface area contributed by atoms with Crippen LogP contribution in [0.15, 0.2) is 30.6 Å². The minimum Gasteiger partial charge on any atom is -0.343 e. The van der Waals surface area contributed by atoms with Crippen molar-refractivity contribution in [1.29, 1.82) is 0 Å². The van der Waals surface area contributed by atoms with Crippen molar-refractivity contribution in [1.82, 2.24) is 14.5 Å². The first-order chi connectivity index (χ1) is 10.6. The number of hydrogen-bond donors (Lipinski definition) is 1. The van der Waals surface area contributed by atoms with E-state index in [4.69, 9.17) is 5.73 Å². The molecule has 3 rings (SSSR count). The first-order valence-corrected chi connectivity index (χ1v) is 8.08. The molecule has 1 atom stereocenters. The van der Waals surface area contributed by atoms with Gasteiger partial charge in [0, 0.05) is 32.1 Å². The standard InChI is InChI=1S/C17H24N4O.2ClH/c1-13(18)14-6-9-20(10-7-14)17(22)8-11-21-12-19-15-4-2-3-5-16(15)21;;/h2-5,12-14H,6-11,18H2,1H3;2*1H. The van der Waals surface area contributed by atoms with Crippen molar-refractivity contribution in [2.75, 3.05) is 13.1 Å². The van der Waals surface area contributed by atoms with Crippen LogP contribution in [0, 0.1) is 5.92 Å². The van der Waals surface area contributed by atoms with E-state index in [-0.39, 0.29) is 36.8 Å². The quantitative estimate of drug-likeness (QED) is 0.896. The maximum absolute atomic E-state index is 12.4. The van der Waals surface area contributed by atoms with Crippen LogP contribution in [0.3, 0.4) is 0 Å². The molecule has 1 aliphatic heterocycles. The summed E-state index contributed by atoms with van der Waals surface area (Å²) in [5.41, 5.74) is 8.02. The molecule has 1 unspecified atom stereocenters. The first kappa shape index (κ1) is 20.7. The van der Waals surface area contributed by atoms with Gasteiger partial charge in [-0.05, 0) is 37.8 Å². The van der Waals surface area contributed by atoms with Gasteiger partial charge in [0.15, 0.2) is 0 Å². The van der Waals surface area contributed by atoms with Gasteiger partial charge < -0.3 is 15.2 Å². The average molecular weight is 373 g/mol. The van der Waals surface area contributed by atoms with Gasteiger partial charge >= 0.3 is 0 Å². The Balaban J connectivity index is 0.00000144. The second kappa shape index (κ2) is 9.25. The van der Waals surface area contributed by atoms with Crippen LogP contribution < -0.4 is 5.73 Å². The van der Waals surface area contributed by atoms with Gasteiger partial charge in [-0.1, -0.05) is 12.1 Å². The van der Waals surface area contributed by atoms with Gasteiger partial charge in [0.05, 0.1) is 17.4 Å². The van der Waals surface area contributed by atoms with Crippen molar-refractivity contribution < 1.29 is 4.79 Å². The summed E-state index contributed by atoms with van der Waals surface area (Å²) in [6.45, 7) is 4.43. The number of amides is 1. The van der Waals surface area contributed by atoms with Gasteiger partial charge in [-0.2, -0.15) is 0 Å². The third-order valence-electron chi connectivity index (χ3n) is 4.73. The number of imidazole rings is 1. The Morgan fingerprint density at radius 3 is 2.62 bits per heavy atom. The van der Waals surface area contributed by atoms with Crippen LogP contribution in [0.4, 0.5) is 0 Å². The van der Waals surface area contributed by atoms with E-state index < -0.39 is 0 Å². The minimum absolute atomic E-state index is 0. The third-order valence-corrected chi connectivity index (χ3v) is 4.73. The number of halogens is 2. The molecule has 0 bridgehead atoms. The number of carbonyl (C=O) groups is 1. The van der Waals surface area contributed by atoms with Crippen LogP contribution in [0.25, 0.3) is 11.0 Å². The topological polar surface area (TPSA) is 64.2 Å². The summed E-state index contributed by atoms with van der Waals surface area (Å²) < 4.78 is 2.06. The number of aromatic nitrogens is 2. The largest absolute Gasteiger partial charge is 0.343 e. The Morgan fingerprint density at radius 1 is 1.29 bits per heavy atom. The zero-order chi connectivity index (χ0) is 15.5. The molecule has 1 amide bonds. The smallest absolute Gasteiger partial charge is 0.224 e. The summed E-state index contributed by atoms with van der Waals surface area (Å²) >= 11 is 0. The summed E-state index contributed by atoms with van der Waals surface area (Å²) in [6, 6.07) is 8.25. The van der Waals surface area contributed by atoms with Crippen LogP contribution in [0.2, 0.25) is 0 Å². The summed E-state index contributed by atoms with van der Waals surface area (Å²) in [5.74, 6) is 0.794. The molecule has 2 aromatic rings. The Hall–Kier alpha value is -1.30. The molecule has 2 heterocycles. The lowest BCUT2D eigenvalue weighted by Crippen LogP contribution is -2.42. The first-order valence-electron chi connectivity index (χ1n) is 8.08. The SMILES string of the molecule is CC(N)C1CCN(C(=O)CCn2cnc3ccccc32)CC1.Cl.Cl. The zero-order valence-electron chi connectivity index (χ0n) is 13.9. The number of benzene rings is 1. The zero-order valence-corrected chi connectivity index (χ0v) is 15.6. The lowest BCUT2D eigenvalue weighted by molar-refractivity contribution is -0.132. The fourth-order valence-corrected chi connectivity index (χ4v) is 3.24. The Kier molecular flexibility index (Phi) is 8.00. The maximum atomic E-state index is 12.4. The molecule has 1 aromatic carbocycles. The molecular weight excluding hydrogens is 347 g/mol. The number of piperidine rings is 1. The van der Waals surface area contributed by atoms with Crippen LogP contribution in [-0.2, 0) is 11.3 Å². The molecule has 0 radical (unpaired) electrons. The molecule has 1 fully saturated rings. The molecule has 0 saturated carbocycles. The molecule has 5 nitrogen and oxygen atoms in total. The van der Waals surface area contributed by atoms with E-state index in [0.717, 1.165) is 37.0 Å². The Bertz CT molecular complexity index is 651. The fourth-order valence-electron chi connectivity index (χ4n) is 3.24. The van der Waals surface area contributed by atoms with Crippen molar-refractivity contribution in [3.8, 4) is 0 Å². The molecule has 1 saturated heterocycles. The highest BCUT2D eigenvalue weighted by atomic mass is 35.5. The Labute approximate surface area is 155 Å².